The van der Waals surface area contributed by atoms with Crippen LogP contribution >= 0.6 is 12.4 Å². The molecule has 0 aliphatic carbocycles. The molecule has 0 saturated carbocycles. The third-order valence-corrected chi connectivity index (χ3v) is 2.36. The molecule has 11 heavy (non-hydrogen) atoms. The number of hydrogen-bond donors (Lipinski definition) is 1. The molecule has 2 atom stereocenters. The molecule has 0 aromatic carbocycles. The third kappa shape index (κ3) is 2.97. The van der Waals surface area contributed by atoms with Gasteiger partial charge in [-0.15, -0.1) is 12.4 Å². The van der Waals surface area contributed by atoms with Crippen LogP contribution in [0.15, 0.2) is 0 Å². The van der Waals surface area contributed by atoms with E-state index in [-0.39, 0.29) is 12.4 Å². The average molecular weight is 179 g/mol. The molecule has 0 unspecified atom stereocenters. The van der Waals surface area contributed by atoms with Gasteiger partial charge in [-0.3, -0.25) is 0 Å². The molecule has 1 aliphatic rings. The lowest BCUT2D eigenvalue weighted by atomic mass is 10.1. The Hall–Kier alpha value is 0.210. The molecule has 1 heterocycles. The van der Waals surface area contributed by atoms with Gasteiger partial charge in [-0.1, -0.05) is 6.92 Å². The third-order valence-electron chi connectivity index (χ3n) is 2.36. The fourth-order valence-electron chi connectivity index (χ4n) is 1.59. The standard InChI is InChI=1S/C8H18N2.ClH/c1-4-8-5-9-7(2)6-10(8)3;/h7-9H,4-6H2,1-3H3;1H/t7-,8-;/m1./s1. The predicted octanol–water partition coefficient (Wildman–Crippen LogP) is 1.11. The van der Waals surface area contributed by atoms with Crippen molar-refractivity contribution in [3.63, 3.8) is 0 Å². The van der Waals surface area contributed by atoms with Crippen molar-refractivity contribution in [2.24, 2.45) is 0 Å². The Morgan fingerprint density at radius 2 is 2.18 bits per heavy atom. The van der Waals surface area contributed by atoms with Crippen LogP contribution in [0.25, 0.3) is 0 Å². The van der Waals surface area contributed by atoms with Crippen LogP contribution < -0.4 is 5.32 Å². The van der Waals surface area contributed by atoms with Crippen molar-refractivity contribution < 1.29 is 0 Å². The summed E-state index contributed by atoms with van der Waals surface area (Å²) in [5, 5.41) is 3.47. The minimum atomic E-state index is 0. The summed E-state index contributed by atoms with van der Waals surface area (Å²) in [5.74, 6) is 0. The zero-order valence-electron chi connectivity index (χ0n) is 7.63. The number of hydrogen-bond acceptors (Lipinski definition) is 2. The van der Waals surface area contributed by atoms with E-state index in [2.05, 4.69) is 31.1 Å². The van der Waals surface area contributed by atoms with Gasteiger partial charge in [0.05, 0.1) is 0 Å². The highest BCUT2D eigenvalue weighted by molar-refractivity contribution is 5.85. The lowest BCUT2D eigenvalue weighted by molar-refractivity contribution is 0.165. The van der Waals surface area contributed by atoms with Gasteiger partial charge in [0.1, 0.15) is 0 Å². The molecule has 0 aromatic heterocycles. The van der Waals surface area contributed by atoms with Crippen LogP contribution in [0, 0.1) is 0 Å². The zero-order chi connectivity index (χ0) is 7.56. The molecule has 68 valence electrons. The first kappa shape index (κ1) is 11.2. The normalized spacial score (nSPS) is 33.0. The highest BCUT2D eigenvalue weighted by Gasteiger charge is 2.20. The Kier molecular flexibility index (Phi) is 5.06. The van der Waals surface area contributed by atoms with E-state index in [0.717, 1.165) is 12.6 Å². The maximum atomic E-state index is 3.47. The van der Waals surface area contributed by atoms with Crippen molar-refractivity contribution >= 4 is 12.4 Å². The molecular weight excluding hydrogens is 160 g/mol. The van der Waals surface area contributed by atoms with Gasteiger partial charge < -0.3 is 10.2 Å². The summed E-state index contributed by atoms with van der Waals surface area (Å²) in [6.07, 6.45) is 1.26. The van der Waals surface area contributed by atoms with Crippen molar-refractivity contribution in [3.8, 4) is 0 Å². The van der Waals surface area contributed by atoms with Crippen LogP contribution in [0.5, 0.6) is 0 Å². The molecule has 1 saturated heterocycles. The Morgan fingerprint density at radius 1 is 1.55 bits per heavy atom. The van der Waals surface area contributed by atoms with Gasteiger partial charge in [0, 0.05) is 25.2 Å². The molecule has 2 nitrogen and oxygen atoms in total. The van der Waals surface area contributed by atoms with Crippen molar-refractivity contribution in [3.05, 3.63) is 0 Å². The lowest BCUT2D eigenvalue weighted by Crippen LogP contribution is -2.53. The van der Waals surface area contributed by atoms with Gasteiger partial charge in [-0.05, 0) is 20.4 Å². The summed E-state index contributed by atoms with van der Waals surface area (Å²) >= 11 is 0. The van der Waals surface area contributed by atoms with E-state index >= 15 is 0 Å². The van der Waals surface area contributed by atoms with Crippen molar-refractivity contribution in [1.29, 1.82) is 0 Å². The zero-order valence-corrected chi connectivity index (χ0v) is 8.45. The summed E-state index contributed by atoms with van der Waals surface area (Å²) in [6, 6.07) is 1.43. The van der Waals surface area contributed by atoms with Gasteiger partial charge in [0.2, 0.25) is 0 Å². The molecule has 1 N–H and O–H groups in total. The first-order valence-electron chi connectivity index (χ1n) is 4.17. The van der Waals surface area contributed by atoms with Crippen LogP contribution in [-0.2, 0) is 0 Å². The minimum Gasteiger partial charge on any atom is -0.311 e. The number of piperazine rings is 1. The van der Waals surface area contributed by atoms with Crippen LogP contribution in [-0.4, -0.2) is 37.1 Å². The average Bonchev–Trinajstić information content (AvgIpc) is 1.88. The molecule has 0 spiro atoms. The Bertz CT molecular complexity index is 108. The largest absolute Gasteiger partial charge is 0.311 e. The Morgan fingerprint density at radius 3 is 2.64 bits per heavy atom. The number of likely N-dealkylation sites (N-methyl/N-ethyl adjacent to an activating group) is 1. The molecule has 3 heteroatoms. The maximum absolute atomic E-state index is 3.47. The predicted molar refractivity (Wildman–Crippen MR) is 51.4 cm³/mol. The molecule has 0 amide bonds. The lowest BCUT2D eigenvalue weighted by Gasteiger charge is -2.36. The quantitative estimate of drug-likeness (QED) is 0.648. The molecule has 0 radical (unpaired) electrons. The van der Waals surface area contributed by atoms with Crippen LogP contribution in [0.4, 0.5) is 0 Å². The van der Waals surface area contributed by atoms with E-state index in [0.29, 0.717) is 6.04 Å². The van der Waals surface area contributed by atoms with Crippen molar-refractivity contribution in [2.75, 3.05) is 20.1 Å². The highest BCUT2D eigenvalue weighted by atomic mass is 35.5. The van der Waals surface area contributed by atoms with Crippen LogP contribution in [0.1, 0.15) is 20.3 Å². The Labute approximate surface area is 75.8 Å². The summed E-state index contributed by atoms with van der Waals surface area (Å²) in [6.45, 7) is 6.84. The van der Waals surface area contributed by atoms with Crippen molar-refractivity contribution in [2.45, 2.75) is 32.4 Å². The molecular formula is C8H19ClN2. The SMILES string of the molecule is CC[C@@H]1CN[C@H](C)CN1C.Cl. The van der Waals surface area contributed by atoms with Crippen LogP contribution in [0.2, 0.25) is 0 Å². The molecule has 1 aliphatic heterocycles. The number of nitrogens with zero attached hydrogens (tertiary/aromatic N) is 1. The monoisotopic (exact) mass is 178 g/mol. The van der Waals surface area contributed by atoms with Gasteiger partial charge in [0.25, 0.3) is 0 Å². The molecule has 1 fully saturated rings. The highest BCUT2D eigenvalue weighted by Crippen LogP contribution is 2.06. The van der Waals surface area contributed by atoms with E-state index in [9.17, 15) is 0 Å². The second-order valence-corrected chi connectivity index (χ2v) is 3.31. The van der Waals surface area contributed by atoms with E-state index < -0.39 is 0 Å². The fraction of sp³-hybridized carbons (Fsp3) is 1.00. The number of halogens is 1. The molecule has 0 aromatic rings. The smallest absolute Gasteiger partial charge is 0.0215 e. The number of nitrogens with one attached hydrogen (secondary N) is 1. The summed E-state index contributed by atoms with van der Waals surface area (Å²) in [7, 11) is 2.21. The van der Waals surface area contributed by atoms with E-state index in [1.807, 2.05) is 0 Å². The van der Waals surface area contributed by atoms with Gasteiger partial charge >= 0.3 is 0 Å². The van der Waals surface area contributed by atoms with Gasteiger partial charge in [0.15, 0.2) is 0 Å². The second-order valence-electron chi connectivity index (χ2n) is 3.31. The van der Waals surface area contributed by atoms with Gasteiger partial charge in [-0.25, -0.2) is 0 Å². The molecule has 1 rings (SSSR count). The van der Waals surface area contributed by atoms with Gasteiger partial charge in [-0.2, -0.15) is 0 Å². The first-order chi connectivity index (χ1) is 4.74. The summed E-state index contributed by atoms with van der Waals surface area (Å²) in [4.78, 5) is 2.45. The van der Waals surface area contributed by atoms with Crippen LogP contribution in [0.3, 0.4) is 0 Å². The first-order valence-corrected chi connectivity index (χ1v) is 4.17. The maximum Gasteiger partial charge on any atom is 0.0215 e. The van der Waals surface area contributed by atoms with E-state index in [1.165, 1.54) is 13.0 Å². The topological polar surface area (TPSA) is 15.3 Å². The van der Waals surface area contributed by atoms with Crippen molar-refractivity contribution in [1.82, 2.24) is 10.2 Å². The van der Waals surface area contributed by atoms with E-state index in [4.69, 9.17) is 0 Å². The number of rotatable bonds is 1. The second kappa shape index (κ2) is 4.96. The summed E-state index contributed by atoms with van der Waals surface area (Å²) < 4.78 is 0. The Balaban J connectivity index is 0.000001000. The minimum absolute atomic E-state index is 0. The fourth-order valence-corrected chi connectivity index (χ4v) is 1.59. The summed E-state index contributed by atoms with van der Waals surface area (Å²) in [5.41, 5.74) is 0. The molecule has 0 bridgehead atoms. The van der Waals surface area contributed by atoms with E-state index in [1.54, 1.807) is 0 Å².